The number of carbonyl (C=O) groups excluding carboxylic acids is 4. The van der Waals surface area contributed by atoms with Gasteiger partial charge in [0, 0.05) is 31.4 Å². The van der Waals surface area contributed by atoms with E-state index in [0.717, 1.165) is 12.8 Å². The lowest BCUT2D eigenvalue weighted by atomic mass is 9.85. The number of esters is 1. The van der Waals surface area contributed by atoms with Crippen molar-refractivity contribution in [1.29, 1.82) is 0 Å². The minimum absolute atomic E-state index is 0.0303. The normalized spacial score (nSPS) is 18.5. The van der Waals surface area contributed by atoms with E-state index in [1.807, 2.05) is 20.8 Å². The molecule has 1 fully saturated rings. The zero-order valence-corrected chi connectivity index (χ0v) is 25.7. The molecule has 0 aliphatic carbocycles. The Morgan fingerprint density at radius 2 is 1.62 bits per heavy atom. The van der Waals surface area contributed by atoms with Crippen molar-refractivity contribution in [3.05, 3.63) is 35.4 Å². The van der Waals surface area contributed by atoms with E-state index in [9.17, 15) is 29.4 Å². The summed E-state index contributed by atoms with van der Waals surface area (Å²) in [6.07, 6.45) is 7.95. The minimum Gasteiger partial charge on any atom is -0.469 e. The van der Waals surface area contributed by atoms with Crippen molar-refractivity contribution in [3.8, 4) is 12.3 Å². The van der Waals surface area contributed by atoms with Crippen molar-refractivity contribution in [3.63, 3.8) is 0 Å². The first-order valence-corrected chi connectivity index (χ1v) is 14.5. The maximum atomic E-state index is 13.8. The van der Waals surface area contributed by atoms with Crippen molar-refractivity contribution in [2.24, 2.45) is 5.41 Å². The summed E-state index contributed by atoms with van der Waals surface area (Å²) in [6, 6.07) is 4.18. The van der Waals surface area contributed by atoms with Crippen LogP contribution in [0, 0.1) is 17.8 Å². The molecule has 0 spiro atoms. The fraction of sp³-hybridized carbons (Fsp3) is 0.625. The van der Waals surface area contributed by atoms with Gasteiger partial charge in [0.2, 0.25) is 17.7 Å². The standard InChI is InChI=1S/C32H47N3O7/c1-8-21-15-17-22(18-16-21)27(32(5,6)41)34-29(39)24-19-23(36)20-35(24)30(40)28(31(2,3)4)33-25(37)13-11-9-10-12-14-26(38)42-7/h1,15-18,23-24,27-28,36,41H,9-14,19-20H2,2-7H3,(H,33,37)(H,34,39)/t23-,24+,27-,28?/m1/s1. The van der Waals surface area contributed by atoms with Gasteiger partial charge in [-0.1, -0.05) is 51.7 Å². The average molecular weight is 586 g/mol. The molecule has 0 saturated carbocycles. The summed E-state index contributed by atoms with van der Waals surface area (Å²) in [5.74, 6) is 1.02. The molecular weight excluding hydrogens is 538 g/mol. The van der Waals surface area contributed by atoms with E-state index in [-0.39, 0.29) is 31.3 Å². The van der Waals surface area contributed by atoms with Gasteiger partial charge in [0.15, 0.2) is 0 Å². The molecule has 4 N–H and O–H groups in total. The van der Waals surface area contributed by atoms with Gasteiger partial charge in [0.1, 0.15) is 12.1 Å². The van der Waals surface area contributed by atoms with Crippen molar-refractivity contribution in [2.45, 2.75) is 109 Å². The monoisotopic (exact) mass is 585 g/mol. The maximum Gasteiger partial charge on any atom is 0.305 e. The molecule has 0 bridgehead atoms. The van der Waals surface area contributed by atoms with Gasteiger partial charge < -0.3 is 30.5 Å². The van der Waals surface area contributed by atoms with Gasteiger partial charge in [-0.2, -0.15) is 0 Å². The Labute approximate surface area is 249 Å². The SMILES string of the molecule is C#Cc1ccc([C@@H](NC(=O)[C@@H]2C[C@@H](O)CN2C(=O)C(NC(=O)CCCCCCC(=O)OC)C(C)(C)C)C(C)(C)O)cc1. The fourth-order valence-electron chi connectivity index (χ4n) is 5.04. The first-order chi connectivity index (χ1) is 19.6. The van der Waals surface area contributed by atoms with Crippen molar-refractivity contribution in [1.82, 2.24) is 15.5 Å². The van der Waals surface area contributed by atoms with Crippen molar-refractivity contribution >= 4 is 23.7 Å². The molecule has 1 aliphatic heterocycles. The van der Waals surface area contributed by atoms with Gasteiger partial charge in [-0.25, -0.2) is 0 Å². The van der Waals surface area contributed by atoms with Crippen LogP contribution in [0.1, 0.15) is 96.7 Å². The molecule has 1 aromatic carbocycles. The molecule has 42 heavy (non-hydrogen) atoms. The molecule has 1 unspecified atom stereocenters. The largest absolute Gasteiger partial charge is 0.469 e. The number of nitrogens with one attached hydrogen (secondary N) is 2. The number of methoxy groups -OCH3 is 1. The third kappa shape index (κ3) is 10.1. The maximum absolute atomic E-state index is 13.8. The van der Waals surface area contributed by atoms with Crippen LogP contribution in [0.25, 0.3) is 0 Å². The number of amides is 3. The molecule has 1 saturated heterocycles. The van der Waals surface area contributed by atoms with Crippen LogP contribution in [-0.2, 0) is 23.9 Å². The molecule has 1 aromatic rings. The lowest BCUT2D eigenvalue weighted by Crippen LogP contribution is -2.58. The number of carbonyl (C=O) groups is 4. The number of terminal acetylenes is 1. The number of unbranched alkanes of at least 4 members (excludes halogenated alkanes) is 3. The zero-order chi connectivity index (χ0) is 31.7. The van der Waals surface area contributed by atoms with Gasteiger partial charge in [-0.05, 0) is 49.8 Å². The Morgan fingerprint density at radius 3 is 2.14 bits per heavy atom. The summed E-state index contributed by atoms with van der Waals surface area (Å²) in [4.78, 5) is 52.8. The Kier molecular flexibility index (Phi) is 12.6. The van der Waals surface area contributed by atoms with Crippen molar-refractivity contribution < 1.29 is 34.1 Å². The van der Waals surface area contributed by atoms with E-state index in [0.29, 0.717) is 30.4 Å². The molecule has 2 rings (SSSR count). The van der Waals surface area contributed by atoms with Crippen LogP contribution in [0.15, 0.2) is 24.3 Å². The summed E-state index contributed by atoms with van der Waals surface area (Å²) >= 11 is 0. The smallest absolute Gasteiger partial charge is 0.305 e. The molecule has 10 heteroatoms. The van der Waals surface area contributed by atoms with Crippen LogP contribution in [0.4, 0.5) is 0 Å². The predicted octanol–water partition coefficient (Wildman–Crippen LogP) is 2.60. The number of β-amino-alcohol motifs (C(OH)–C–C–N with tert-alkyl or cyclic N) is 1. The van der Waals surface area contributed by atoms with Crippen LogP contribution in [0.5, 0.6) is 0 Å². The Bertz CT molecular complexity index is 1130. The first-order valence-electron chi connectivity index (χ1n) is 14.5. The second kappa shape index (κ2) is 15.2. The van der Waals surface area contributed by atoms with Gasteiger partial charge in [0.25, 0.3) is 0 Å². The Morgan fingerprint density at radius 1 is 1.02 bits per heavy atom. The second-order valence-electron chi connectivity index (χ2n) is 12.6. The molecule has 0 radical (unpaired) electrons. The van der Waals surface area contributed by atoms with E-state index < -0.39 is 47.1 Å². The van der Waals surface area contributed by atoms with Gasteiger partial charge in [-0.15, -0.1) is 6.42 Å². The predicted molar refractivity (Wildman–Crippen MR) is 159 cm³/mol. The summed E-state index contributed by atoms with van der Waals surface area (Å²) in [7, 11) is 1.35. The topological polar surface area (TPSA) is 145 Å². The van der Waals surface area contributed by atoms with Crippen molar-refractivity contribution in [2.75, 3.05) is 13.7 Å². The highest BCUT2D eigenvalue weighted by Crippen LogP contribution is 2.29. The number of hydrogen-bond acceptors (Lipinski definition) is 7. The van der Waals surface area contributed by atoms with Crippen LogP contribution in [-0.4, -0.2) is 76.2 Å². The number of hydrogen-bond donors (Lipinski definition) is 4. The molecule has 232 valence electrons. The van der Waals surface area contributed by atoms with Crippen LogP contribution < -0.4 is 10.6 Å². The van der Waals surface area contributed by atoms with E-state index in [1.165, 1.54) is 12.0 Å². The number of benzene rings is 1. The Balaban J connectivity index is 2.12. The highest BCUT2D eigenvalue weighted by molar-refractivity contribution is 5.93. The lowest BCUT2D eigenvalue weighted by Gasteiger charge is -2.36. The quantitative estimate of drug-likeness (QED) is 0.158. The van der Waals surface area contributed by atoms with Gasteiger partial charge in [-0.3, -0.25) is 19.2 Å². The van der Waals surface area contributed by atoms with E-state index in [2.05, 4.69) is 21.3 Å². The van der Waals surface area contributed by atoms with Crippen LogP contribution >= 0.6 is 0 Å². The zero-order valence-electron chi connectivity index (χ0n) is 25.7. The number of aliphatic hydroxyl groups is 2. The summed E-state index contributed by atoms with van der Waals surface area (Å²) in [5.41, 5.74) is -0.725. The summed E-state index contributed by atoms with van der Waals surface area (Å²) in [6.45, 7) is 8.58. The van der Waals surface area contributed by atoms with Gasteiger partial charge in [0.05, 0.1) is 24.9 Å². The average Bonchev–Trinajstić information content (AvgIpc) is 3.32. The third-order valence-electron chi connectivity index (χ3n) is 7.45. The first kappa shape index (κ1) is 34.8. The van der Waals surface area contributed by atoms with E-state index in [4.69, 9.17) is 6.42 Å². The Hall–Kier alpha value is -3.42. The molecule has 1 aliphatic rings. The highest BCUT2D eigenvalue weighted by Gasteiger charge is 2.45. The molecular formula is C32H47N3O7. The number of nitrogens with zero attached hydrogens (tertiary/aromatic N) is 1. The van der Waals surface area contributed by atoms with E-state index >= 15 is 0 Å². The molecule has 1 heterocycles. The lowest BCUT2D eigenvalue weighted by molar-refractivity contribution is -0.144. The summed E-state index contributed by atoms with van der Waals surface area (Å²) in [5, 5.41) is 27.1. The number of ether oxygens (including phenoxy) is 1. The number of likely N-dealkylation sites (tertiary alicyclic amines) is 1. The molecule has 0 aromatic heterocycles. The molecule has 4 atom stereocenters. The van der Waals surface area contributed by atoms with Crippen LogP contribution in [0.2, 0.25) is 0 Å². The second-order valence-corrected chi connectivity index (χ2v) is 12.6. The minimum atomic E-state index is -1.35. The molecule has 3 amide bonds. The third-order valence-corrected chi connectivity index (χ3v) is 7.45. The molecule has 10 nitrogen and oxygen atoms in total. The van der Waals surface area contributed by atoms with Gasteiger partial charge >= 0.3 is 5.97 Å². The van der Waals surface area contributed by atoms with Crippen LogP contribution in [0.3, 0.4) is 0 Å². The number of rotatable bonds is 13. The summed E-state index contributed by atoms with van der Waals surface area (Å²) < 4.78 is 4.63. The highest BCUT2D eigenvalue weighted by atomic mass is 16.5. The van der Waals surface area contributed by atoms with E-state index in [1.54, 1.807) is 38.1 Å². The number of aliphatic hydroxyl groups excluding tert-OH is 1. The fourth-order valence-corrected chi connectivity index (χ4v) is 5.04.